The molecule has 0 saturated heterocycles. The molecule has 0 saturated carbocycles. The number of nitrogens with one attached hydrogen (secondary N) is 1. The van der Waals surface area contributed by atoms with E-state index in [0.717, 1.165) is 15.2 Å². The van der Waals surface area contributed by atoms with E-state index in [1.807, 2.05) is 13.0 Å². The van der Waals surface area contributed by atoms with Gasteiger partial charge in [-0.2, -0.15) is 0 Å². The number of amides is 1. The summed E-state index contributed by atoms with van der Waals surface area (Å²) in [5.41, 5.74) is 12.9. The largest absolute Gasteiger partial charge is 0.397 e. The summed E-state index contributed by atoms with van der Waals surface area (Å²) in [6.45, 7) is 1.94. The third-order valence-electron chi connectivity index (χ3n) is 2.48. The van der Waals surface area contributed by atoms with Crippen LogP contribution in [0.2, 0.25) is 0 Å². The minimum Gasteiger partial charge on any atom is -0.397 e. The number of nitrogens with zero attached hydrogens (tertiary/aromatic N) is 1. The molecule has 1 aromatic heterocycles. The van der Waals surface area contributed by atoms with Crippen LogP contribution < -0.4 is 16.8 Å². The van der Waals surface area contributed by atoms with Gasteiger partial charge in [0.15, 0.2) is 0 Å². The molecule has 1 unspecified atom stereocenters. The average molecular weight is 266 g/mol. The van der Waals surface area contributed by atoms with Crippen LogP contribution in [0.5, 0.6) is 0 Å². The zero-order valence-corrected chi connectivity index (χ0v) is 10.6. The van der Waals surface area contributed by atoms with Gasteiger partial charge in [0.1, 0.15) is 6.10 Å². The van der Waals surface area contributed by atoms with Gasteiger partial charge in [-0.15, -0.1) is 11.3 Å². The van der Waals surface area contributed by atoms with E-state index < -0.39 is 12.0 Å². The van der Waals surface area contributed by atoms with Crippen LogP contribution in [-0.2, 0) is 4.79 Å². The molecule has 0 aliphatic rings. The number of nitrogen functional groups attached to an aromatic ring is 1. The second-order valence-electron chi connectivity index (χ2n) is 3.94. The minimum absolute atomic E-state index is 0.0220. The average Bonchev–Trinajstić information content (AvgIpc) is 2.64. The number of aliphatic hydroxyl groups excluding tert-OH is 1. The maximum Gasteiger partial charge on any atom is 0.248 e. The molecule has 1 atom stereocenters. The van der Waals surface area contributed by atoms with Crippen molar-refractivity contribution in [3.8, 4) is 0 Å². The summed E-state index contributed by atoms with van der Waals surface area (Å²) in [5, 5.41) is 13.1. The number of nitrogens with two attached hydrogens (primary N) is 2. The highest BCUT2D eigenvalue weighted by atomic mass is 32.1. The van der Waals surface area contributed by atoms with Gasteiger partial charge < -0.3 is 21.9 Å². The van der Waals surface area contributed by atoms with Crippen molar-refractivity contribution < 1.29 is 9.90 Å². The number of aliphatic hydroxyl groups is 1. The smallest absolute Gasteiger partial charge is 0.248 e. The predicted molar refractivity (Wildman–Crippen MR) is 72.5 cm³/mol. The number of thiazole rings is 1. The summed E-state index contributed by atoms with van der Waals surface area (Å²) in [5.74, 6) is -0.772. The maximum atomic E-state index is 10.7. The zero-order chi connectivity index (χ0) is 13.3. The fraction of sp³-hybridized carbons (Fsp3) is 0.273. The lowest BCUT2D eigenvalue weighted by Gasteiger charge is -2.11. The Balaban J connectivity index is 2.22. The molecule has 2 rings (SSSR count). The summed E-state index contributed by atoms with van der Waals surface area (Å²) >= 11 is 1.56. The number of carbonyl (C=O) groups is 1. The first-order valence-electron chi connectivity index (χ1n) is 5.35. The van der Waals surface area contributed by atoms with E-state index in [-0.39, 0.29) is 6.54 Å². The highest BCUT2D eigenvalue weighted by Gasteiger charge is 2.12. The fourth-order valence-corrected chi connectivity index (χ4v) is 2.42. The van der Waals surface area contributed by atoms with Gasteiger partial charge >= 0.3 is 0 Å². The molecular formula is C11H14N4O2S. The molecular weight excluding hydrogens is 252 g/mol. The molecule has 0 fully saturated rings. The van der Waals surface area contributed by atoms with Gasteiger partial charge in [-0.3, -0.25) is 4.79 Å². The van der Waals surface area contributed by atoms with Gasteiger partial charge in [-0.1, -0.05) is 0 Å². The molecule has 1 amide bonds. The summed E-state index contributed by atoms with van der Waals surface area (Å²) in [6.07, 6.45) is -1.24. The van der Waals surface area contributed by atoms with E-state index >= 15 is 0 Å². The van der Waals surface area contributed by atoms with Crippen LogP contribution in [0.1, 0.15) is 5.01 Å². The first-order chi connectivity index (χ1) is 8.47. The van der Waals surface area contributed by atoms with E-state index in [9.17, 15) is 9.90 Å². The van der Waals surface area contributed by atoms with Crippen LogP contribution in [0.15, 0.2) is 12.1 Å². The number of rotatable bonds is 4. The Kier molecular flexibility index (Phi) is 3.35. The summed E-state index contributed by atoms with van der Waals surface area (Å²) in [6, 6.07) is 3.61. The first kappa shape index (κ1) is 12.6. The van der Waals surface area contributed by atoms with Crippen LogP contribution in [0.25, 0.3) is 10.2 Å². The molecule has 6 N–H and O–H groups in total. The lowest BCUT2D eigenvalue weighted by molar-refractivity contribution is -0.125. The van der Waals surface area contributed by atoms with Gasteiger partial charge in [-0.25, -0.2) is 4.98 Å². The number of hydrogen-bond acceptors (Lipinski definition) is 6. The van der Waals surface area contributed by atoms with Gasteiger partial charge in [0.25, 0.3) is 0 Å². The van der Waals surface area contributed by atoms with Crippen molar-refractivity contribution in [1.82, 2.24) is 4.98 Å². The van der Waals surface area contributed by atoms with E-state index in [2.05, 4.69) is 10.3 Å². The molecule has 6 nitrogen and oxygen atoms in total. The number of aromatic nitrogens is 1. The number of carbonyl (C=O) groups excluding carboxylic acids is 1. The molecule has 1 aromatic carbocycles. The SMILES string of the molecule is Cc1nc2cc(NCC(O)C(N)=O)c(N)cc2s1. The number of anilines is 2. The molecule has 0 aliphatic heterocycles. The van der Waals surface area contributed by atoms with Crippen LogP contribution in [-0.4, -0.2) is 28.6 Å². The molecule has 2 aromatic rings. The topological polar surface area (TPSA) is 114 Å². The molecule has 18 heavy (non-hydrogen) atoms. The third kappa shape index (κ3) is 2.52. The van der Waals surface area contributed by atoms with Gasteiger partial charge in [0.05, 0.1) is 26.6 Å². The Morgan fingerprint density at radius 3 is 3.00 bits per heavy atom. The third-order valence-corrected chi connectivity index (χ3v) is 3.41. The molecule has 0 radical (unpaired) electrons. The predicted octanol–water partition coefficient (Wildman–Crippen LogP) is 0.445. The normalized spacial score (nSPS) is 12.6. The molecule has 0 aliphatic carbocycles. The lowest BCUT2D eigenvalue weighted by Crippen LogP contribution is -2.34. The van der Waals surface area contributed by atoms with E-state index in [1.165, 1.54) is 0 Å². The van der Waals surface area contributed by atoms with Gasteiger partial charge in [0, 0.05) is 6.54 Å². The van der Waals surface area contributed by atoms with E-state index in [0.29, 0.717) is 11.4 Å². The summed E-state index contributed by atoms with van der Waals surface area (Å²) < 4.78 is 1.01. The van der Waals surface area contributed by atoms with Crippen molar-refractivity contribution in [3.63, 3.8) is 0 Å². The van der Waals surface area contributed by atoms with E-state index in [1.54, 1.807) is 17.4 Å². The number of aryl methyl sites for hydroxylation is 1. The van der Waals surface area contributed by atoms with E-state index in [4.69, 9.17) is 11.5 Å². The van der Waals surface area contributed by atoms with Crippen LogP contribution in [0.4, 0.5) is 11.4 Å². The Morgan fingerprint density at radius 2 is 2.33 bits per heavy atom. The maximum absolute atomic E-state index is 10.7. The lowest BCUT2D eigenvalue weighted by atomic mass is 10.2. The second-order valence-corrected chi connectivity index (χ2v) is 5.17. The standard InChI is InChI=1S/C11H14N4O2S/c1-5-15-8-3-7(6(12)2-10(8)18-5)14-4-9(16)11(13)17/h2-3,9,14,16H,4,12H2,1H3,(H2,13,17). The Labute approximate surface area is 108 Å². The first-order valence-corrected chi connectivity index (χ1v) is 6.17. The number of hydrogen-bond donors (Lipinski definition) is 4. The van der Waals surface area contributed by atoms with Crippen molar-refractivity contribution in [3.05, 3.63) is 17.1 Å². The van der Waals surface area contributed by atoms with Gasteiger partial charge in [0.2, 0.25) is 5.91 Å². The Hall–Kier alpha value is -1.86. The van der Waals surface area contributed by atoms with Crippen molar-refractivity contribution in [2.45, 2.75) is 13.0 Å². The Bertz CT molecular complexity index is 596. The fourth-order valence-electron chi connectivity index (χ4n) is 1.57. The summed E-state index contributed by atoms with van der Waals surface area (Å²) in [7, 11) is 0. The Morgan fingerprint density at radius 1 is 1.61 bits per heavy atom. The monoisotopic (exact) mass is 266 g/mol. The highest BCUT2D eigenvalue weighted by molar-refractivity contribution is 7.18. The van der Waals surface area contributed by atoms with Crippen molar-refractivity contribution >= 4 is 38.8 Å². The number of fused-ring (bicyclic) bond motifs is 1. The number of primary amides is 1. The molecule has 1 heterocycles. The minimum atomic E-state index is -1.24. The van der Waals surface area contributed by atoms with Gasteiger partial charge in [-0.05, 0) is 19.1 Å². The molecule has 96 valence electrons. The van der Waals surface area contributed by atoms with Crippen LogP contribution >= 0.6 is 11.3 Å². The quantitative estimate of drug-likeness (QED) is 0.600. The molecule has 7 heteroatoms. The molecule has 0 spiro atoms. The number of benzene rings is 1. The van der Waals surface area contributed by atoms with Crippen LogP contribution in [0, 0.1) is 6.92 Å². The van der Waals surface area contributed by atoms with Crippen molar-refractivity contribution in [1.29, 1.82) is 0 Å². The molecule has 0 bridgehead atoms. The summed E-state index contributed by atoms with van der Waals surface area (Å²) in [4.78, 5) is 15.1. The van der Waals surface area contributed by atoms with Crippen molar-refractivity contribution in [2.24, 2.45) is 5.73 Å². The zero-order valence-electron chi connectivity index (χ0n) is 9.80. The van der Waals surface area contributed by atoms with Crippen LogP contribution in [0.3, 0.4) is 0 Å². The highest BCUT2D eigenvalue weighted by Crippen LogP contribution is 2.29. The van der Waals surface area contributed by atoms with Crippen molar-refractivity contribution in [2.75, 3.05) is 17.6 Å². The second kappa shape index (κ2) is 4.79.